The molecular weight excluding hydrogens is 211 g/mol. The Morgan fingerprint density at radius 2 is 1.77 bits per heavy atom. The second-order valence-electron chi connectivity index (χ2n) is 2.62. The van der Waals surface area contributed by atoms with E-state index in [-0.39, 0.29) is 0 Å². The van der Waals surface area contributed by atoms with Crippen molar-refractivity contribution in [2.45, 2.75) is 12.3 Å². The Kier molecular flexibility index (Phi) is 3.71. The van der Waals surface area contributed by atoms with E-state index in [1.165, 1.54) is 0 Å². The molecule has 0 heterocycles. The molecule has 0 aromatic carbocycles. The van der Waals surface area contributed by atoms with Gasteiger partial charge in [-0.1, -0.05) is 0 Å². The molecule has 0 aromatic heterocycles. The van der Waals surface area contributed by atoms with E-state index < -0.39 is 28.1 Å². The van der Waals surface area contributed by atoms with Crippen LogP contribution in [0.3, 0.4) is 0 Å². The van der Waals surface area contributed by atoms with Crippen LogP contribution in [0.5, 0.6) is 0 Å². The summed E-state index contributed by atoms with van der Waals surface area (Å²) in [6.07, 6.45) is -7.73. The number of nitrogens with zero attached hydrogens (tertiary/aromatic N) is 1. The molecule has 0 aromatic rings. The van der Waals surface area contributed by atoms with Gasteiger partial charge in [-0.25, -0.2) is 12.7 Å². The Labute approximate surface area is 74.0 Å². The van der Waals surface area contributed by atoms with Gasteiger partial charge >= 0.3 is 6.18 Å². The maximum atomic E-state index is 11.7. The normalized spacial score (nSPS) is 16.2. The molecule has 0 amide bonds. The first kappa shape index (κ1) is 12.7. The van der Waals surface area contributed by atoms with Crippen LogP contribution in [0.15, 0.2) is 0 Å². The molecule has 0 aliphatic heterocycles. The third kappa shape index (κ3) is 3.92. The minimum absolute atomic E-state index is 0.627. The van der Waals surface area contributed by atoms with E-state index in [2.05, 4.69) is 0 Å². The molecule has 4 nitrogen and oxygen atoms in total. The zero-order chi connectivity index (χ0) is 10.9. The van der Waals surface area contributed by atoms with Crippen molar-refractivity contribution in [3.8, 4) is 0 Å². The first-order valence-electron chi connectivity index (χ1n) is 3.22. The summed E-state index contributed by atoms with van der Waals surface area (Å²) in [5.74, 6) is -1.34. The third-order valence-electron chi connectivity index (χ3n) is 1.30. The lowest BCUT2D eigenvalue weighted by atomic mass is 10.4. The standard InChI is InChI=1S/C5H10F3NO3S/c1-9(2)13(11,12)3-4(10)5(6,7)8/h4,10H,3H2,1-2H3/t4-/m1/s1. The van der Waals surface area contributed by atoms with Crippen LogP contribution in [-0.4, -0.2) is 50.0 Å². The number of aliphatic hydroxyl groups excluding tert-OH is 1. The molecule has 0 fully saturated rings. The number of halogens is 3. The van der Waals surface area contributed by atoms with Crippen LogP contribution in [-0.2, 0) is 10.0 Å². The van der Waals surface area contributed by atoms with Crippen LogP contribution in [0.1, 0.15) is 0 Å². The zero-order valence-corrected chi connectivity index (χ0v) is 7.85. The molecule has 1 atom stereocenters. The largest absolute Gasteiger partial charge is 0.415 e. The summed E-state index contributed by atoms with van der Waals surface area (Å²) in [6.45, 7) is 0. The van der Waals surface area contributed by atoms with E-state index in [0.717, 1.165) is 14.1 Å². The van der Waals surface area contributed by atoms with E-state index in [0.29, 0.717) is 4.31 Å². The fourth-order valence-corrected chi connectivity index (χ4v) is 1.33. The van der Waals surface area contributed by atoms with Gasteiger partial charge in [0.1, 0.15) is 0 Å². The van der Waals surface area contributed by atoms with Crippen molar-refractivity contribution in [2.24, 2.45) is 0 Å². The van der Waals surface area contributed by atoms with Gasteiger partial charge in [0.25, 0.3) is 0 Å². The molecule has 8 heteroatoms. The topological polar surface area (TPSA) is 57.6 Å². The van der Waals surface area contributed by atoms with Gasteiger partial charge in [0.2, 0.25) is 10.0 Å². The van der Waals surface area contributed by atoms with Gasteiger partial charge in [-0.05, 0) is 0 Å². The maximum absolute atomic E-state index is 11.7. The monoisotopic (exact) mass is 221 g/mol. The molecule has 0 saturated carbocycles. The van der Waals surface area contributed by atoms with Crippen molar-refractivity contribution in [3.05, 3.63) is 0 Å². The van der Waals surface area contributed by atoms with Gasteiger partial charge in [0.15, 0.2) is 6.10 Å². The van der Waals surface area contributed by atoms with Gasteiger partial charge in [-0.2, -0.15) is 13.2 Å². The second-order valence-corrected chi connectivity index (χ2v) is 4.85. The van der Waals surface area contributed by atoms with Crippen LogP contribution in [0.25, 0.3) is 0 Å². The average molecular weight is 221 g/mol. The summed E-state index contributed by atoms with van der Waals surface area (Å²) in [5, 5.41) is 8.44. The maximum Gasteiger partial charge on any atom is 0.415 e. The number of hydrogen-bond acceptors (Lipinski definition) is 3. The highest BCUT2D eigenvalue weighted by atomic mass is 32.2. The third-order valence-corrected chi connectivity index (χ3v) is 3.15. The number of hydrogen-bond donors (Lipinski definition) is 1. The number of aliphatic hydroxyl groups is 1. The molecule has 0 bridgehead atoms. The molecule has 13 heavy (non-hydrogen) atoms. The van der Waals surface area contributed by atoms with Crippen molar-refractivity contribution in [3.63, 3.8) is 0 Å². The Hall–Kier alpha value is -0.340. The average Bonchev–Trinajstić information content (AvgIpc) is 1.83. The quantitative estimate of drug-likeness (QED) is 0.718. The van der Waals surface area contributed by atoms with Crippen molar-refractivity contribution >= 4 is 10.0 Å². The van der Waals surface area contributed by atoms with Crippen molar-refractivity contribution < 1.29 is 26.7 Å². The fourth-order valence-electron chi connectivity index (χ4n) is 0.443. The molecule has 0 radical (unpaired) electrons. The Bertz CT molecular complexity index is 259. The molecule has 0 spiro atoms. The lowest BCUT2D eigenvalue weighted by Crippen LogP contribution is -2.39. The van der Waals surface area contributed by atoms with E-state index in [9.17, 15) is 21.6 Å². The summed E-state index contributed by atoms with van der Waals surface area (Å²) >= 11 is 0. The predicted octanol–water partition coefficient (Wildman–Crippen LogP) is -0.199. The molecule has 0 rings (SSSR count). The smallest absolute Gasteiger partial charge is 0.383 e. The SMILES string of the molecule is CN(C)S(=O)(=O)C[C@@H](O)C(F)(F)F. The van der Waals surface area contributed by atoms with Crippen LogP contribution in [0, 0.1) is 0 Å². The lowest BCUT2D eigenvalue weighted by Gasteiger charge is -2.17. The lowest BCUT2D eigenvalue weighted by molar-refractivity contribution is -0.196. The molecule has 0 aliphatic rings. The van der Waals surface area contributed by atoms with Crippen LogP contribution >= 0.6 is 0 Å². The molecule has 80 valence electrons. The highest BCUT2D eigenvalue weighted by Crippen LogP contribution is 2.21. The summed E-state index contributed by atoms with van der Waals surface area (Å²) in [7, 11) is -1.83. The van der Waals surface area contributed by atoms with E-state index in [4.69, 9.17) is 5.11 Å². The predicted molar refractivity (Wildman–Crippen MR) is 39.5 cm³/mol. The van der Waals surface area contributed by atoms with Crippen LogP contribution < -0.4 is 0 Å². The molecule has 1 N–H and O–H groups in total. The number of alkyl halides is 3. The minimum Gasteiger partial charge on any atom is -0.383 e. The summed E-state index contributed by atoms with van der Waals surface area (Å²) in [5.41, 5.74) is 0. The summed E-state index contributed by atoms with van der Waals surface area (Å²) < 4.78 is 57.5. The molecule has 0 unspecified atom stereocenters. The fraction of sp³-hybridized carbons (Fsp3) is 1.00. The van der Waals surface area contributed by atoms with Crippen molar-refractivity contribution in [1.29, 1.82) is 0 Å². The molecule has 0 aliphatic carbocycles. The first-order valence-corrected chi connectivity index (χ1v) is 4.83. The van der Waals surface area contributed by atoms with Gasteiger partial charge in [-0.15, -0.1) is 0 Å². The zero-order valence-electron chi connectivity index (χ0n) is 7.04. The van der Waals surface area contributed by atoms with Gasteiger partial charge < -0.3 is 5.11 Å². The van der Waals surface area contributed by atoms with E-state index in [1.54, 1.807) is 0 Å². The number of rotatable bonds is 3. The molecule has 0 saturated heterocycles. The second kappa shape index (κ2) is 3.81. The minimum atomic E-state index is -4.90. The van der Waals surface area contributed by atoms with Gasteiger partial charge in [0.05, 0.1) is 5.75 Å². The van der Waals surface area contributed by atoms with Gasteiger partial charge in [0, 0.05) is 14.1 Å². The Morgan fingerprint density at radius 1 is 1.38 bits per heavy atom. The highest BCUT2D eigenvalue weighted by molar-refractivity contribution is 7.89. The molecular formula is C5H10F3NO3S. The first-order chi connectivity index (χ1) is 5.57. The van der Waals surface area contributed by atoms with E-state index in [1.807, 2.05) is 0 Å². The Balaban J connectivity index is 4.48. The highest BCUT2D eigenvalue weighted by Gasteiger charge is 2.41. The van der Waals surface area contributed by atoms with Crippen LogP contribution in [0.4, 0.5) is 13.2 Å². The summed E-state index contributed by atoms with van der Waals surface area (Å²) in [4.78, 5) is 0. The Morgan fingerprint density at radius 3 is 2.00 bits per heavy atom. The van der Waals surface area contributed by atoms with Crippen LogP contribution in [0.2, 0.25) is 0 Å². The number of sulfonamides is 1. The van der Waals surface area contributed by atoms with Gasteiger partial charge in [-0.3, -0.25) is 0 Å². The van der Waals surface area contributed by atoms with Crippen molar-refractivity contribution in [1.82, 2.24) is 4.31 Å². The summed E-state index contributed by atoms with van der Waals surface area (Å²) in [6, 6.07) is 0. The van der Waals surface area contributed by atoms with E-state index >= 15 is 0 Å². The van der Waals surface area contributed by atoms with Crippen molar-refractivity contribution in [2.75, 3.05) is 19.8 Å².